The molecule has 1 aliphatic heterocycles. The number of likely N-dealkylation sites (N-methyl/N-ethyl adjacent to an activating group) is 1. The molecule has 9 nitrogen and oxygen atoms in total. The van der Waals surface area contributed by atoms with E-state index in [1.165, 1.54) is 13.0 Å². The molecule has 11 heteroatoms. The van der Waals surface area contributed by atoms with Crippen molar-refractivity contribution >= 4 is 43.0 Å². The highest BCUT2D eigenvalue weighted by Crippen LogP contribution is 2.32. The van der Waals surface area contributed by atoms with E-state index in [2.05, 4.69) is 26.1 Å². The number of rotatable bonds is 7. The first-order chi connectivity index (χ1) is 12.7. The maximum Gasteiger partial charge on any atom is 0.283 e. The van der Waals surface area contributed by atoms with Gasteiger partial charge in [-0.1, -0.05) is 22.9 Å². The van der Waals surface area contributed by atoms with Crippen molar-refractivity contribution in [2.45, 2.75) is 11.8 Å². The minimum atomic E-state index is -3.70. The summed E-state index contributed by atoms with van der Waals surface area (Å²) in [6.45, 7) is 4.16. The average Bonchev–Trinajstić information content (AvgIpc) is 2.65. The van der Waals surface area contributed by atoms with E-state index in [-0.39, 0.29) is 21.9 Å². The van der Waals surface area contributed by atoms with Crippen LogP contribution in [0.25, 0.3) is 0 Å². The van der Waals surface area contributed by atoms with Crippen LogP contribution in [-0.2, 0) is 9.84 Å². The number of amides is 1. The molecule has 0 unspecified atom stereocenters. The molecular weight excluding hydrogens is 440 g/mol. The lowest BCUT2D eigenvalue weighted by atomic mass is 10.1. The lowest BCUT2D eigenvalue weighted by molar-refractivity contribution is -0.385. The highest BCUT2D eigenvalue weighted by atomic mass is 79.9. The van der Waals surface area contributed by atoms with E-state index in [1.807, 2.05) is 7.05 Å². The summed E-state index contributed by atoms with van der Waals surface area (Å²) in [5.41, 5.74) is -0.383. The number of halogens is 1. The number of alkyl halides is 1. The van der Waals surface area contributed by atoms with Gasteiger partial charge in [-0.3, -0.25) is 14.9 Å². The topological polar surface area (TPSA) is 113 Å². The monoisotopic (exact) mass is 462 g/mol. The van der Waals surface area contributed by atoms with E-state index in [4.69, 9.17) is 0 Å². The molecule has 0 aliphatic carbocycles. The molecule has 150 valence electrons. The zero-order chi connectivity index (χ0) is 20.2. The normalized spacial score (nSPS) is 15.6. The number of nitro groups is 1. The Balaban J connectivity index is 2.55. The van der Waals surface area contributed by atoms with Gasteiger partial charge in [0, 0.05) is 44.1 Å². The van der Waals surface area contributed by atoms with Crippen molar-refractivity contribution in [3.8, 4) is 0 Å². The van der Waals surface area contributed by atoms with Gasteiger partial charge in [-0.15, -0.1) is 0 Å². The van der Waals surface area contributed by atoms with Gasteiger partial charge in [0.15, 0.2) is 9.84 Å². The number of hydrogen-bond acceptors (Lipinski definition) is 7. The number of carbonyl (C=O) groups excluding carboxylic acids is 1. The second-order valence-corrected chi connectivity index (χ2v) is 9.28. The van der Waals surface area contributed by atoms with Crippen molar-refractivity contribution in [2.75, 3.05) is 56.2 Å². The highest BCUT2D eigenvalue weighted by molar-refractivity contribution is 9.09. The fourth-order valence-electron chi connectivity index (χ4n) is 2.80. The number of sulfone groups is 1. The number of carbonyl (C=O) groups is 1. The van der Waals surface area contributed by atoms with Crippen LogP contribution in [0.15, 0.2) is 17.0 Å². The molecule has 0 saturated carbocycles. The Kier molecular flexibility index (Phi) is 7.18. The van der Waals surface area contributed by atoms with Crippen LogP contribution in [0.4, 0.5) is 11.4 Å². The highest BCUT2D eigenvalue weighted by Gasteiger charge is 2.31. The van der Waals surface area contributed by atoms with Crippen LogP contribution in [0.5, 0.6) is 0 Å². The smallest absolute Gasteiger partial charge is 0.283 e. The van der Waals surface area contributed by atoms with Gasteiger partial charge < -0.3 is 15.1 Å². The number of benzene rings is 1. The molecule has 1 aromatic rings. The Morgan fingerprint density at radius 1 is 1.30 bits per heavy atom. The number of hydrogen-bond donors (Lipinski definition) is 1. The van der Waals surface area contributed by atoms with Crippen molar-refractivity contribution in [1.82, 2.24) is 9.80 Å². The lowest BCUT2D eigenvalue weighted by Crippen LogP contribution is -2.47. The van der Waals surface area contributed by atoms with Crippen LogP contribution in [0.2, 0.25) is 0 Å². The first-order valence-electron chi connectivity index (χ1n) is 8.54. The SMILES string of the molecule is CCS(=O)(=O)c1cc([N+](=O)[O-])c(C(=O)N2CCN(C)CC2)cc1NCCBr. The molecule has 0 atom stereocenters. The van der Waals surface area contributed by atoms with Gasteiger partial charge in [0.2, 0.25) is 0 Å². The Morgan fingerprint density at radius 3 is 2.44 bits per heavy atom. The van der Waals surface area contributed by atoms with Gasteiger partial charge in [0.1, 0.15) is 5.56 Å². The number of nitro benzene ring substituents is 1. The van der Waals surface area contributed by atoms with Gasteiger partial charge in [-0.05, 0) is 13.1 Å². The third-order valence-electron chi connectivity index (χ3n) is 4.44. The molecule has 0 aromatic heterocycles. The molecule has 2 rings (SSSR count). The van der Waals surface area contributed by atoms with Gasteiger partial charge in [0.05, 0.1) is 21.3 Å². The van der Waals surface area contributed by atoms with Crippen LogP contribution >= 0.6 is 15.9 Å². The second-order valence-electron chi connectivity index (χ2n) is 6.24. The Morgan fingerprint density at radius 2 is 1.93 bits per heavy atom. The van der Waals surface area contributed by atoms with Gasteiger partial charge >= 0.3 is 0 Å². The number of piperazine rings is 1. The van der Waals surface area contributed by atoms with Crippen molar-refractivity contribution in [1.29, 1.82) is 0 Å². The fraction of sp³-hybridized carbons (Fsp3) is 0.562. The minimum absolute atomic E-state index is 0.100. The van der Waals surface area contributed by atoms with E-state index < -0.39 is 26.4 Å². The summed E-state index contributed by atoms with van der Waals surface area (Å²) in [4.78, 5) is 27.2. The van der Waals surface area contributed by atoms with Crippen molar-refractivity contribution in [3.63, 3.8) is 0 Å². The third-order valence-corrected chi connectivity index (χ3v) is 6.60. The van der Waals surface area contributed by atoms with Crippen LogP contribution in [-0.4, -0.2) is 79.9 Å². The van der Waals surface area contributed by atoms with E-state index in [9.17, 15) is 23.3 Å². The number of nitrogens with zero attached hydrogens (tertiary/aromatic N) is 3. The summed E-state index contributed by atoms with van der Waals surface area (Å²) >= 11 is 3.25. The molecule has 1 fully saturated rings. The number of anilines is 1. The van der Waals surface area contributed by atoms with E-state index >= 15 is 0 Å². The van der Waals surface area contributed by atoms with E-state index in [0.29, 0.717) is 38.1 Å². The van der Waals surface area contributed by atoms with E-state index in [1.54, 1.807) is 4.90 Å². The van der Waals surface area contributed by atoms with Crippen molar-refractivity contribution < 1.29 is 18.1 Å². The summed E-state index contributed by atoms with van der Waals surface area (Å²) < 4.78 is 24.8. The first-order valence-corrected chi connectivity index (χ1v) is 11.3. The average molecular weight is 463 g/mol. The summed E-state index contributed by atoms with van der Waals surface area (Å²) in [6, 6.07) is 2.29. The largest absolute Gasteiger partial charge is 0.383 e. The zero-order valence-electron chi connectivity index (χ0n) is 15.3. The fourth-order valence-corrected chi connectivity index (χ4v) is 4.07. The molecule has 1 saturated heterocycles. The van der Waals surface area contributed by atoms with Gasteiger partial charge in [-0.2, -0.15) is 0 Å². The Hall–Kier alpha value is -1.72. The van der Waals surface area contributed by atoms with Crippen molar-refractivity contribution in [2.24, 2.45) is 0 Å². The minimum Gasteiger partial charge on any atom is -0.383 e. The summed E-state index contributed by atoms with van der Waals surface area (Å²) in [7, 11) is -1.76. The van der Waals surface area contributed by atoms with Gasteiger partial charge in [-0.25, -0.2) is 8.42 Å². The van der Waals surface area contributed by atoms with Gasteiger partial charge in [0.25, 0.3) is 11.6 Å². The zero-order valence-corrected chi connectivity index (χ0v) is 17.7. The van der Waals surface area contributed by atoms with Crippen LogP contribution in [0, 0.1) is 10.1 Å². The summed E-state index contributed by atoms with van der Waals surface area (Å²) in [5, 5.41) is 15.1. The maximum atomic E-state index is 12.9. The quantitative estimate of drug-likeness (QED) is 0.371. The van der Waals surface area contributed by atoms with Crippen LogP contribution in [0.3, 0.4) is 0 Å². The molecule has 0 spiro atoms. The van der Waals surface area contributed by atoms with Crippen LogP contribution in [0.1, 0.15) is 17.3 Å². The molecule has 0 bridgehead atoms. The predicted molar refractivity (Wildman–Crippen MR) is 107 cm³/mol. The molecular formula is C16H23BrN4O5S. The molecule has 1 heterocycles. The molecule has 1 N–H and O–H groups in total. The number of nitrogens with one attached hydrogen (secondary N) is 1. The molecule has 1 aromatic carbocycles. The molecule has 0 radical (unpaired) electrons. The first kappa shape index (κ1) is 21.6. The predicted octanol–water partition coefficient (Wildman–Crippen LogP) is 1.58. The molecule has 1 aliphatic rings. The van der Waals surface area contributed by atoms with Crippen LogP contribution < -0.4 is 5.32 Å². The Bertz CT molecular complexity index is 822. The second kappa shape index (κ2) is 8.98. The Labute approximate surface area is 166 Å². The maximum absolute atomic E-state index is 12.9. The van der Waals surface area contributed by atoms with E-state index in [0.717, 1.165) is 6.07 Å². The third kappa shape index (κ3) is 4.96. The summed E-state index contributed by atoms with van der Waals surface area (Å²) in [5.74, 6) is -0.657. The molecule has 27 heavy (non-hydrogen) atoms. The van der Waals surface area contributed by atoms with Crippen molar-refractivity contribution in [3.05, 3.63) is 27.8 Å². The summed E-state index contributed by atoms with van der Waals surface area (Å²) in [6.07, 6.45) is 0. The lowest BCUT2D eigenvalue weighted by Gasteiger charge is -2.32. The standard InChI is InChI=1S/C16H23BrN4O5S/c1-3-27(25,26)15-11-14(21(23)24)12(10-13(15)18-5-4-17)16(22)20-8-6-19(2)7-9-20/h10-11,18H,3-9H2,1-2H3. The molecule has 1 amide bonds.